The van der Waals surface area contributed by atoms with Crippen molar-refractivity contribution in [2.45, 2.75) is 0 Å². The minimum absolute atomic E-state index is 0.407. The van der Waals surface area contributed by atoms with Gasteiger partial charge in [0.05, 0.1) is 22.3 Å². The number of halogens is 4. The van der Waals surface area contributed by atoms with Gasteiger partial charge in [-0.3, -0.25) is 4.79 Å². The molecule has 0 amide bonds. The first-order chi connectivity index (χ1) is 11.2. The van der Waals surface area contributed by atoms with Crippen molar-refractivity contribution in [3.8, 4) is 0 Å². The number of anilines is 1. The second-order valence-corrected chi connectivity index (χ2v) is 5.38. The van der Waals surface area contributed by atoms with Crippen LogP contribution in [0.5, 0.6) is 0 Å². The predicted octanol–water partition coefficient (Wildman–Crippen LogP) is 2.44. The third kappa shape index (κ3) is 4.90. The third-order valence-corrected chi connectivity index (χ3v) is 3.82. The molecular formula is C13H9ClF3NO5S. The van der Waals surface area contributed by atoms with E-state index >= 15 is 0 Å². The van der Waals surface area contributed by atoms with E-state index in [-0.39, 0.29) is 0 Å². The summed E-state index contributed by atoms with van der Waals surface area (Å²) < 4.78 is 39.8. The summed E-state index contributed by atoms with van der Waals surface area (Å²) in [4.78, 5) is 33.3. The number of nitrogens with one attached hydrogen (secondary N) is 1. The Kier molecular flexibility index (Phi) is 7.11. The normalized spacial score (nSPS) is 10.2. The van der Waals surface area contributed by atoms with Gasteiger partial charge in [-0.1, -0.05) is 11.8 Å². The maximum absolute atomic E-state index is 13.7. The van der Waals surface area contributed by atoms with Gasteiger partial charge in [-0.25, -0.2) is 22.8 Å². The number of benzene rings is 1. The van der Waals surface area contributed by atoms with Gasteiger partial charge in [0.15, 0.2) is 28.8 Å². The number of carbonyl (C=O) groups excluding carboxylic acids is 1. The van der Waals surface area contributed by atoms with Crippen molar-refractivity contribution >= 4 is 46.8 Å². The maximum Gasteiger partial charge on any atom is 0.345 e. The molecule has 0 fully saturated rings. The molecule has 0 aliphatic heterocycles. The van der Waals surface area contributed by atoms with Crippen LogP contribution in [-0.2, 0) is 14.4 Å². The Morgan fingerprint density at radius 1 is 1.08 bits per heavy atom. The van der Waals surface area contributed by atoms with Crippen molar-refractivity contribution in [3.05, 3.63) is 40.2 Å². The lowest BCUT2D eigenvalue weighted by molar-refractivity contribution is -0.140. The summed E-state index contributed by atoms with van der Waals surface area (Å²) in [6.07, 6.45) is 0. The van der Waals surface area contributed by atoms with Gasteiger partial charge in [-0.15, -0.1) is 11.6 Å². The van der Waals surface area contributed by atoms with Gasteiger partial charge >= 0.3 is 11.9 Å². The fraction of sp³-hybridized carbons (Fsp3) is 0.154. The van der Waals surface area contributed by atoms with Gasteiger partial charge < -0.3 is 15.5 Å². The molecule has 0 atom stereocenters. The first-order valence-corrected chi connectivity index (χ1v) is 7.52. The minimum atomic E-state index is -1.88. The number of alkyl halides is 1. The lowest BCUT2D eigenvalue weighted by Crippen LogP contribution is -2.18. The largest absolute Gasteiger partial charge is 0.477 e. The number of hydrogen-bond donors (Lipinski definition) is 3. The number of thioether (sulfide) groups is 1. The Morgan fingerprint density at radius 3 is 2.17 bits per heavy atom. The third-order valence-electron chi connectivity index (χ3n) is 2.46. The van der Waals surface area contributed by atoms with Crippen LogP contribution >= 0.6 is 23.4 Å². The SMILES string of the molecule is O=C(CCl)CSC(Nc1ccc(F)c(F)c1F)=C(C(=O)O)C(=O)O. The zero-order valence-electron chi connectivity index (χ0n) is 11.6. The van der Waals surface area contributed by atoms with Gasteiger partial charge in [0.1, 0.15) is 0 Å². The van der Waals surface area contributed by atoms with E-state index in [2.05, 4.69) is 5.32 Å². The van der Waals surface area contributed by atoms with Gasteiger partial charge in [0, 0.05) is 0 Å². The topological polar surface area (TPSA) is 104 Å². The summed E-state index contributed by atoms with van der Waals surface area (Å²) in [6.45, 7) is 0. The molecular weight excluding hydrogens is 375 g/mol. The Morgan fingerprint density at radius 2 is 1.67 bits per heavy atom. The molecule has 0 aliphatic rings. The molecule has 6 nitrogen and oxygen atoms in total. The van der Waals surface area contributed by atoms with Crippen molar-refractivity contribution in [3.63, 3.8) is 0 Å². The van der Waals surface area contributed by atoms with Crippen LogP contribution in [0.4, 0.5) is 18.9 Å². The monoisotopic (exact) mass is 383 g/mol. The summed E-state index contributed by atoms with van der Waals surface area (Å²) in [5.41, 5.74) is -1.90. The van der Waals surface area contributed by atoms with Crippen LogP contribution < -0.4 is 5.32 Å². The van der Waals surface area contributed by atoms with Crippen LogP contribution in [0.25, 0.3) is 0 Å². The van der Waals surface area contributed by atoms with E-state index in [1.807, 2.05) is 0 Å². The van der Waals surface area contributed by atoms with Gasteiger partial charge in [0.2, 0.25) is 0 Å². The molecule has 0 bridgehead atoms. The fourth-order valence-corrected chi connectivity index (χ4v) is 2.51. The molecule has 1 rings (SSSR count). The van der Waals surface area contributed by atoms with Crippen molar-refractivity contribution in [1.29, 1.82) is 0 Å². The summed E-state index contributed by atoms with van der Waals surface area (Å²) in [5, 5.41) is 19.3. The number of carbonyl (C=O) groups is 3. The van der Waals surface area contributed by atoms with Crippen molar-refractivity contribution in [2.75, 3.05) is 16.9 Å². The highest BCUT2D eigenvalue weighted by Crippen LogP contribution is 2.27. The number of Topliss-reactive ketones (excluding diaryl/α,β-unsaturated/α-hetero) is 1. The Hall–Kier alpha value is -2.20. The highest BCUT2D eigenvalue weighted by atomic mass is 35.5. The van der Waals surface area contributed by atoms with Gasteiger partial charge in [-0.2, -0.15) is 0 Å². The van der Waals surface area contributed by atoms with Crippen molar-refractivity contribution < 1.29 is 37.8 Å². The molecule has 0 aromatic heterocycles. The first kappa shape index (κ1) is 19.8. The Balaban J connectivity index is 3.31. The zero-order valence-corrected chi connectivity index (χ0v) is 13.2. The lowest BCUT2D eigenvalue weighted by Gasteiger charge is -2.13. The van der Waals surface area contributed by atoms with Crippen molar-refractivity contribution in [2.24, 2.45) is 0 Å². The van der Waals surface area contributed by atoms with E-state index in [1.165, 1.54) is 0 Å². The van der Waals surface area contributed by atoms with Gasteiger partial charge in [0.25, 0.3) is 0 Å². The van der Waals surface area contributed by atoms with E-state index in [1.54, 1.807) is 0 Å². The van der Waals surface area contributed by atoms with Crippen molar-refractivity contribution in [1.82, 2.24) is 0 Å². The molecule has 0 radical (unpaired) electrons. The van der Waals surface area contributed by atoms with E-state index in [4.69, 9.17) is 21.8 Å². The number of ketones is 1. The molecule has 0 saturated heterocycles. The highest BCUT2D eigenvalue weighted by Gasteiger charge is 2.25. The summed E-state index contributed by atoms with van der Waals surface area (Å²) in [6, 6.07) is 1.31. The van der Waals surface area contributed by atoms with Gasteiger partial charge in [-0.05, 0) is 12.1 Å². The molecule has 24 heavy (non-hydrogen) atoms. The molecule has 0 heterocycles. The summed E-state index contributed by atoms with van der Waals surface area (Å²) in [7, 11) is 0. The molecule has 0 unspecified atom stereocenters. The summed E-state index contributed by atoms with van der Waals surface area (Å²) in [5.74, 6) is -10.1. The number of aliphatic carboxylic acids is 2. The van der Waals surface area contributed by atoms with Crippen LogP contribution in [0.1, 0.15) is 0 Å². The maximum atomic E-state index is 13.7. The molecule has 3 N–H and O–H groups in total. The van der Waals surface area contributed by atoms with Crippen LogP contribution in [0.3, 0.4) is 0 Å². The fourth-order valence-electron chi connectivity index (χ4n) is 1.39. The first-order valence-electron chi connectivity index (χ1n) is 6.00. The molecule has 11 heteroatoms. The number of carboxylic acids is 2. The predicted molar refractivity (Wildman–Crippen MR) is 80.4 cm³/mol. The van der Waals surface area contributed by atoms with Crippen LogP contribution in [-0.4, -0.2) is 39.6 Å². The minimum Gasteiger partial charge on any atom is -0.477 e. The molecule has 1 aromatic rings. The van der Waals surface area contributed by atoms with Crippen LogP contribution in [0.2, 0.25) is 0 Å². The smallest absolute Gasteiger partial charge is 0.345 e. The van der Waals surface area contributed by atoms with E-state index < -0.39 is 63.1 Å². The molecule has 0 saturated carbocycles. The standard InChI is InChI=1S/C13H9ClF3NO5S/c14-3-5(19)4-24-11(8(12(20)21)13(22)23)18-7-2-1-6(15)9(16)10(7)17/h1-2,18H,3-4H2,(H,20,21)(H,22,23). The lowest BCUT2D eigenvalue weighted by atomic mass is 10.2. The van der Waals surface area contributed by atoms with E-state index in [0.29, 0.717) is 17.8 Å². The molecule has 0 spiro atoms. The Bertz CT molecular complexity index is 710. The van der Waals surface area contributed by atoms with Crippen LogP contribution in [0, 0.1) is 17.5 Å². The number of carboxylic acid groups (broad SMARTS) is 2. The quantitative estimate of drug-likeness (QED) is 0.208. The molecule has 1 aromatic carbocycles. The summed E-state index contributed by atoms with van der Waals surface area (Å²) >= 11 is 5.70. The Labute approximate surface area is 142 Å². The second-order valence-electron chi connectivity index (χ2n) is 4.12. The molecule has 0 aliphatic carbocycles. The highest BCUT2D eigenvalue weighted by molar-refractivity contribution is 8.03. The average molecular weight is 384 g/mol. The average Bonchev–Trinajstić information content (AvgIpc) is 2.51. The van der Waals surface area contributed by atoms with E-state index in [0.717, 1.165) is 6.07 Å². The second kappa shape index (κ2) is 8.60. The molecule has 130 valence electrons. The number of hydrogen-bond acceptors (Lipinski definition) is 5. The zero-order chi connectivity index (χ0) is 18.4. The number of rotatable bonds is 8. The van der Waals surface area contributed by atoms with Crippen LogP contribution in [0.15, 0.2) is 22.7 Å². The van der Waals surface area contributed by atoms with E-state index in [9.17, 15) is 27.6 Å².